The van der Waals surface area contributed by atoms with Crippen molar-refractivity contribution in [2.24, 2.45) is 5.92 Å². The third-order valence-corrected chi connectivity index (χ3v) is 5.29. The fourth-order valence-electron chi connectivity index (χ4n) is 2.27. The molecular weight excluding hydrogens is 266 g/mol. The zero-order chi connectivity index (χ0) is 14.5. The first-order valence-electron chi connectivity index (χ1n) is 6.92. The van der Waals surface area contributed by atoms with Crippen LogP contribution in [0.15, 0.2) is 0 Å². The molecule has 0 aromatic heterocycles. The highest BCUT2D eigenvalue weighted by Crippen LogP contribution is 2.12. The van der Waals surface area contributed by atoms with Crippen molar-refractivity contribution in [1.82, 2.24) is 13.5 Å². The van der Waals surface area contributed by atoms with Crippen LogP contribution in [0, 0.1) is 5.92 Å². The molecule has 1 aliphatic heterocycles. The van der Waals surface area contributed by atoms with Gasteiger partial charge in [0.2, 0.25) is 0 Å². The standard InChI is InChI=1S/C12H27N3O3S/c1-12(2)11-14-6-8-15(9-7-14)19(17,18)13(3)5-4-10-16/h12,16H,4-11H2,1-3H3. The van der Waals surface area contributed by atoms with Gasteiger partial charge in [0, 0.05) is 52.9 Å². The third kappa shape index (κ3) is 5.00. The van der Waals surface area contributed by atoms with Crippen LogP contribution in [0.5, 0.6) is 0 Å². The van der Waals surface area contributed by atoms with Crippen LogP contribution in [0.2, 0.25) is 0 Å². The largest absolute Gasteiger partial charge is 0.396 e. The van der Waals surface area contributed by atoms with E-state index in [2.05, 4.69) is 18.7 Å². The van der Waals surface area contributed by atoms with Crippen LogP contribution in [-0.2, 0) is 10.2 Å². The van der Waals surface area contributed by atoms with Gasteiger partial charge in [0.1, 0.15) is 0 Å². The molecule has 0 radical (unpaired) electrons. The van der Waals surface area contributed by atoms with E-state index >= 15 is 0 Å². The molecule has 1 aliphatic rings. The highest BCUT2D eigenvalue weighted by Gasteiger charge is 2.29. The second-order valence-corrected chi connectivity index (χ2v) is 7.54. The molecule has 1 rings (SSSR count). The van der Waals surface area contributed by atoms with Gasteiger partial charge < -0.3 is 10.0 Å². The fourth-order valence-corrected chi connectivity index (χ4v) is 3.64. The maximum Gasteiger partial charge on any atom is 0.281 e. The van der Waals surface area contributed by atoms with Crippen molar-refractivity contribution in [3.8, 4) is 0 Å². The molecule has 7 heteroatoms. The fraction of sp³-hybridized carbons (Fsp3) is 1.00. The number of piperazine rings is 1. The van der Waals surface area contributed by atoms with Crippen LogP contribution in [0.3, 0.4) is 0 Å². The van der Waals surface area contributed by atoms with Gasteiger partial charge in [-0.25, -0.2) is 0 Å². The summed E-state index contributed by atoms with van der Waals surface area (Å²) in [5.74, 6) is 0.607. The summed E-state index contributed by atoms with van der Waals surface area (Å²) in [6.07, 6.45) is 0.475. The highest BCUT2D eigenvalue weighted by molar-refractivity contribution is 7.86. The Morgan fingerprint density at radius 3 is 2.26 bits per heavy atom. The summed E-state index contributed by atoms with van der Waals surface area (Å²) in [6, 6.07) is 0. The molecule has 0 aliphatic carbocycles. The quantitative estimate of drug-likeness (QED) is 0.707. The van der Waals surface area contributed by atoms with Crippen LogP contribution in [0.25, 0.3) is 0 Å². The molecule has 0 bridgehead atoms. The monoisotopic (exact) mass is 293 g/mol. The lowest BCUT2D eigenvalue weighted by Gasteiger charge is -2.36. The van der Waals surface area contributed by atoms with Crippen LogP contribution >= 0.6 is 0 Å². The predicted octanol–water partition coefficient (Wildman–Crippen LogP) is -0.181. The minimum Gasteiger partial charge on any atom is -0.396 e. The number of hydrogen-bond donors (Lipinski definition) is 1. The van der Waals surface area contributed by atoms with Crippen molar-refractivity contribution in [2.45, 2.75) is 20.3 Å². The van der Waals surface area contributed by atoms with Gasteiger partial charge in [0.15, 0.2) is 0 Å². The minimum atomic E-state index is -3.36. The van der Waals surface area contributed by atoms with Gasteiger partial charge in [-0.05, 0) is 12.3 Å². The first-order valence-corrected chi connectivity index (χ1v) is 8.32. The van der Waals surface area contributed by atoms with Crippen molar-refractivity contribution in [2.75, 3.05) is 52.9 Å². The van der Waals surface area contributed by atoms with Crippen molar-refractivity contribution in [3.63, 3.8) is 0 Å². The average molecular weight is 293 g/mol. The van der Waals surface area contributed by atoms with E-state index in [1.54, 1.807) is 11.4 Å². The second-order valence-electron chi connectivity index (χ2n) is 5.50. The molecule has 0 spiro atoms. The summed E-state index contributed by atoms with van der Waals surface area (Å²) < 4.78 is 27.4. The Morgan fingerprint density at radius 1 is 1.21 bits per heavy atom. The van der Waals surface area contributed by atoms with Gasteiger partial charge in [0.25, 0.3) is 10.2 Å². The van der Waals surface area contributed by atoms with Gasteiger partial charge in [-0.15, -0.1) is 0 Å². The molecular formula is C12H27N3O3S. The smallest absolute Gasteiger partial charge is 0.281 e. The van der Waals surface area contributed by atoms with Crippen molar-refractivity contribution in [3.05, 3.63) is 0 Å². The molecule has 0 unspecified atom stereocenters. The Morgan fingerprint density at radius 2 is 1.79 bits per heavy atom. The van der Waals surface area contributed by atoms with E-state index in [-0.39, 0.29) is 6.61 Å². The minimum absolute atomic E-state index is 0.0159. The first kappa shape index (κ1) is 16.8. The van der Waals surface area contributed by atoms with Crippen molar-refractivity contribution >= 4 is 10.2 Å². The molecule has 0 amide bonds. The van der Waals surface area contributed by atoms with Gasteiger partial charge in [-0.3, -0.25) is 0 Å². The Balaban J connectivity index is 2.49. The molecule has 0 saturated carbocycles. The van der Waals surface area contributed by atoms with Crippen LogP contribution in [0.1, 0.15) is 20.3 Å². The maximum atomic E-state index is 12.3. The lowest BCUT2D eigenvalue weighted by Crippen LogP contribution is -2.52. The molecule has 1 N–H and O–H groups in total. The summed E-state index contributed by atoms with van der Waals surface area (Å²) in [4.78, 5) is 2.31. The summed E-state index contributed by atoms with van der Waals surface area (Å²) in [7, 11) is -1.78. The molecule has 0 aromatic carbocycles. The normalized spacial score (nSPS) is 19.5. The number of nitrogens with zero attached hydrogens (tertiary/aromatic N) is 3. The zero-order valence-electron chi connectivity index (χ0n) is 12.2. The first-order chi connectivity index (χ1) is 8.87. The number of aliphatic hydroxyl groups excluding tert-OH is 1. The number of hydrogen-bond acceptors (Lipinski definition) is 4. The molecule has 1 saturated heterocycles. The Hall–Kier alpha value is -0.210. The highest BCUT2D eigenvalue weighted by atomic mass is 32.2. The van der Waals surface area contributed by atoms with Gasteiger partial charge in [-0.1, -0.05) is 13.8 Å². The maximum absolute atomic E-state index is 12.3. The SMILES string of the molecule is CC(C)CN1CCN(S(=O)(=O)N(C)CCCO)CC1. The molecule has 114 valence electrons. The van der Waals surface area contributed by atoms with E-state index in [0.717, 1.165) is 19.6 Å². The second kappa shape index (κ2) is 7.54. The molecule has 6 nitrogen and oxygen atoms in total. The van der Waals surface area contributed by atoms with E-state index in [0.29, 0.717) is 32.0 Å². The van der Waals surface area contributed by atoms with E-state index in [1.165, 1.54) is 4.31 Å². The summed E-state index contributed by atoms with van der Waals surface area (Å²) >= 11 is 0. The van der Waals surface area contributed by atoms with Crippen molar-refractivity contribution < 1.29 is 13.5 Å². The Kier molecular flexibility index (Phi) is 6.68. The van der Waals surface area contributed by atoms with Gasteiger partial charge in [-0.2, -0.15) is 17.0 Å². The lowest BCUT2D eigenvalue weighted by molar-refractivity contribution is 0.167. The van der Waals surface area contributed by atoms with E-state index in [1.807, 2.05) is 0 Å². The zero-order valence-corrected chi connectivity index (χ0v) is 13.1. The average Bonchev–Trinajstić information content (AvgIpc) is 2.35. The number of rotatable bonds is 7. The van der Waals surface area contributed by atoms with E-state index in [4.69, 9.17) is 5.11 Å². The van der Waals surface area contributed by atoms with Crippen LogP contribution in [-0.4, -0.2) is 80.0 Å². The van der Waals surface area contributed by atoms with Crippen molar-refractivity contribution in [1.29, 1.82) is 0 Å². The number of aliphatic hydroxyl groups is 1. The topological polar surface area (TPSA) is 64.1 Å². The molecule has 0 aromatic rings. The third-order valence-electron chi connectivity index (χ3n) is 3.31. The molecule has 0 atom stereocenters. The lowest BCUT2D eigenvalue weighted by atomic mass is 10.2. The van der Waals surface area contributed by atoms with Crippen LogP contribution < -0.4 is 0 Å². The Labute approximate surface area is 117 Å². The summed E-state index contributed by atoms with van der Waals surface area (Å²) in [5.41, 5.74) is 0. The molecule has 1 fully saturated rings. The summed E-state index contributed by atoms with van der Waals surface area (Å²) in [6.45, 7) is 8.45. The Bertz CT molecular complexity index is 351. The van der Waals surface area contributed by atoms with Gasteiger partial charge >= 0.3 is 0 Å². The van der Waals surface area contributed by atoms with E-state index < -0.39 is 10.2 Å². The predicted molar refractivity (Wildman–Crippen MR) is 76.1 cm³/mol. The van der Waals surface area contributed by atoms with E-state index in [9.17, 15) is 8.42 Å². The molecule has 19 heavy (non-hydrogen) atoms. The summed E-state index contributed by atoms with van der Waals surface area (Å²) in [5, 5.41) is 8.77. The molecule has 1 heterocycles. The van der Waals surface area contributed by atoms with Crippen LogP contribution in [0.4, 0.5) is 0 Å². The van der Waals surface area contributed by atoms with Gasteiger partial charge in [0.05, 0.1) is 0 Å².